The molecule has 1 aromatic heterocycles. The van der Waals surface area contributed by atoms with Crippen molar-refractivity contribution in [2.75, 3.05) is 17.1 Å². The van der Waals surface area contributed by atoms with Crippen molar-refractivity contribution in [1.82, 2.24) is 5.16 Å². The number of rotatable bonds is 3. The normalized spacial score (nSPS) is 11.6. The minimum absolute atomic E-state index is 0.00268. The highest BCUT2D eigenvalue weighted by Gasteiger charge is 2.29. The highest BCUT2D eigenvalue weighted by Crippen LogP contribution is 2.28. The lowest BCUT2D eigenvalue weighted by molar-refractivity contribution is 0.390. The third-order valence-electron chi connectivity index (χ3n) is 2.93. The van der Waals surface area contributed by atoms with Gasteiger partial charge in [0, 0.05) is 7.05 Å². The van der Waals surface area contributed by atoms with Gasteiger partial charge in [0.1, 0.15) is 11.5 Å². The van der Waals surface area contributed by atoms with Crippen molar-refractivity contribution in [3.63, 3.8) is 0 Å². The van der Waals surface area contributed by atoms with Crippen LogP contribution in [0.5, 0.6) is 0 Å². The first-order valence-corrected chi connectivity index (χ1v) is 7.16. The van der Waals surface area contributed by atoms with E-state index in [9.17, 15) is 12.8 Å². The summed E-state index contributed by atoms with van der Waals surface area (Å²) >= 11 is 0. The molecule has 0 aliphatic carbocycles. The molecule has 0 unspecified atom stereocenters. The predicted molar refractivity (Wildman–Crippen MR) is 72.4 cm³/mol. The van der Waals surface area contributed by atoms with Crippen molar-refractivity contribution in [1.29, 1.82) is 0 Å². The van der Waals surface area contributed by atoms with Crippen molar-refractivity contribution < 1.29 is 17.3 Å². The van der Waals surface area contributed by atoms with Gasteiger partial charge in [-0.15, -0.1) is 0 Å². The number of anilines is 2. The molecule has 2 N–H and O–H groups in total. The second-order valence-corrected chi connectivity index (χ2v) is 6.24. The molecule has 1 heterocycles. The molecule has 0 bridgehead atoms. The number of aromatic nitrogens is 1. The van der Waals surface area contributed by atoms with Crippen LogP contribution in [0.3, 0.4) is 0 Å². The fourth-order valence-electron chi connectivity index (χ4n) is 1.85. The molecule has 0 radical (unpaired) electrons. The van der Waals surface area contributed by atoms with Gasteiger partial charge in [-0.3, -0.25) is 4.31 Å². The van der Waals surface area contributed by atoms with Gasteiger partial charge in [-0.05, 0) is 32.0 Å². The minimum atomic E-state index is -3.84. The zero-order valence-corrected chi connectivity index (χ0v) is 12.0. The Kier molecular flexibility index (Phi) is 3.43. The summed E-state index contributed by atoms with van der Waals surface area (Å²) in [5.41, 5.74) is 5.85. The third-order valence-corrected chi connectivity index (χ3v) is 4.96. The van der Waals surface area contributed by atoms with Crippen LogP contribution in [0.4, 0.5) is 15.8 Å². The molecule has 0 saturated heterocycles. The SMILES string of the molecule is Cc1noc(C)c1S(=O)(=O)N(C)c1ccc(F)c(N)c1. The number of nitrogen functional groups attached to an aromatic ring is 1. The average Bonchev–Trinajstić information content (AvgIpc) is 2.72. The van der Waals surface area contributed by atoms with Crippen LogP contribution in [0.25, 0.3) is 0 Å². The highest BCUT2D eigenvalue weighted by molar-refractivity contribution is 7.92. The zero-order valence-electron chi connectivity index (χ0n) is 11.2. The molecule has 2 rings (SSSR count). The van der Waals surface area contributed by atoms with Crippen molar-refractivity contribution in [3.8, 4) is 0 Å². The maximum Gasteiger partial charge on any atom is 0.269 e. The van der Waals surface area contributed by atoms with Crippen LogP contribution in [0, 0.1) is 19.7 Å². The lowest BCUT2D eigenvalue weighted by Gasteiger charge is -2.19. The predicted octanol–water partition coefficient (Wildman–Crippen LogP) is 1.84. The van der Waals surface area contributed by atoms with Crippen molar-refractivity contribution >= 4 is 21.4 Å². The van der Waals surface area contributed by atoms with Crippen LogP contribution in [-0.2, 0) is 10.0 Å². The van der Waals surface area contributed by atoms with Gasteiger partial charge in [-0.2, -0.15) is 0 Å². The second kappa shape index (κ2) is 4.78. The number of sulfonamides is 1. The molecule has 0 amide bonds. The Labute approximate surface area is 116 Å². The maximum absolute atomic E-state index is 13.1. The van der Waals surface area contributed by atoms with E-state index in [-0.39, 0.29) is 27.7 Å². The van der Waals surface area contributed by atoms with Crippen molar-refractivity contribution in [2.45, 2.75) is 18.7 Å². The Bertz CT molecular complexity index is 736. The summed E-state index contributed by atoms with van der Waals surface area (Å²) in [6.45, 7) is 3.05. The smallest absolute Gasteiger partial charge is 0.269 e. The molecular weight excluding hydrogens is 285 g/mol. The van der Waals surface area contributed by atoms with Gasteiger partial charge in [0.05, 0.1) is 11.4 Å². The minimum Gasteiger partial charge on any atom is -0.396 e. The van der Waals surface area contributed by atoms with E-state index in [1.54, 1.807) is 0 Å². The van der Waals surface area contributed by atoms with Gasteiger partial charge in [0.15, 0.2) is 10.7 Å². The molecule has 0 saturated carbocycles. The van der Waals surface area contributed by atoms with E-state index in [1.165, 1.54) is 33.0 Å². The molecule has 20 heavy (non-hydrogen) atoms. The Morgan fingerprint density at radius 1 is 1.35 bits per heavy atom. The number of nitrogens with zero attached hydrogens (tertiary/aromatic N) is 2. The van der Waals surface area contributed by atoms with E-state index in [0.29, 0.717) is 0 Å². The van der Waals surface area contributed by atoms with E-state index in [4.69, 9.17) is 10.3 Å². The standard InChI is InChI=1S/C12H14FN3O3S/c1-7-12(8(2)19-15-7)20(17,18)16(3)9-4-5-10(13)11(14)6-9/h4-6H,14H2,1-3H3. The van der Waals surface area contributed by atoms with E-state index in [1.807, 2.05) is 0 Å². The molecule has 6 nitrogen and oxygen atoms in total. The fraction of sp³-hybridized carbons (Fsp3) is 0.250. The summed E-state index contributed by atoms with van der Waals surface area (Å²) in [6.07, 6.45) is 0. The first kappa shape index (κ1) is 14.3. The number of benzene rings is 1. The van der Waals surface area contributed by atoms with E-state index in [2.05, 4.69) is 5.16 Å². The molecule has 108 valence electrons. The molecule has 0 aliphatic heterocycles. The number of nitrogens with two attached hydrogens (primary N) is 1. The first-order chi connectivity index (χ1) is 9.25. The third kappa shape index (κ3) is 2.22. The Hall–Kier alpha value is -2.09. The quantitative estimate of drug-likeness (QED) is 0.873. The van der Waals surface area contributed by atoms with Gasteiger partial charge < -0.3 is 10.3 Å². The highest BCUT2D eigenvalue weighted by atomic mass is 32.2. The summed E-state index contributed by atoms with van der Waals surface area (Å²) in [5.74, 6) is -0.402. The summed E-state index contributed by atoms with van der Waals surface area (Å²) < 4.78 is 44.1. The molecular formula is C12H14FN3O3S. The van der Waals surface area contributed by atoms with Crippen LogP contribution in [-0.4, -0.2) is 20.6 Å². The number of hydrogen-bond donors (Lipinski definition) is 1. The van der Waals surface area contributed by atoms with Gasteiger partial charge in [-0.25, -0.2) is 12.8 Å². The maximum atomic E-state index is 13.1. The van der Waals surface area contributed by atoms with E-state index < -0.39 is 15.8 Å². The monoisotopic (exact) mass is 299 g/mol. The Balaban J connectivity index is 2.52. The van der Waals surface area contributed by atoms with Gasteiger partial charge in [0.25, 0.3) is 10.0 Å². The summed E-state index contributed by atoms with van der Waals surface area (Å²) in [4.78, 5) is 0.00268. The fourth-order valence-corrected chi connectivity index (χ4v) is 3.32. The lowest BCUT2D eigenvalue weighted by Crippen LogP contribution is -2.27. The van der Waals surface area contributed by atoms with Gasteiger partial charge >= 0.3 is 0 Å². The van der Waals surface area contributed by atoms with Gasteiger partial charge in [0.2, 0.25) is 0 Å². The van der Waals surface area contributed by atoms with Crippen LogP contribution in [0.15, 0.2) is 27.6 Å². The van der Waals surface area contributed by atoms with Crippen molar-refractivity contribution in [2.24, 2.45) is 0 Å². The summed E-state index contributed by atoms with van der Waals surface area (Å²) in [7, 11) is -2.49. The number of aryl methyl sites for hydroxylation is 2. The van der Waals surface area contributed by atoms with Gasteiger partial charge in [-0.1, -0.05) is 5.16 Å². The first-order valence-electron chi connectivity index (χ1n) is 5.72. The largest absolute Gasteiger partial charge is 0.396 e. The van der Waals surface area contributed by atoms with Crippen LogP contribution in [0.2, 0.25) is 0 Å². The molecule has 0 aliphatic rings. The second-order valence-electron chi connectivity index (χ2n) is 4.33. The number of hydrogen-bond acceptors (Lipinski definition) is 5. The van der Waals surface area contributed by atoms with Crippen LogP contribution in [0.1, 0.15) is 11.5 Å². The van der Waals surface area contributed by atoms with E-state index >= 15 is 0 Å². The molecule has 1 aromatic carbocycles. The average molecular weight is 299 g/mol. The zero-order chi connectivity index (χ0) is 15.1. The Morgan fingerprint density at radius 2 is 2.00 bits per heavy atom. The topological polar surface area (TPSA) is 89.4 Å². The van der Waals surface area contributed by atoms with Crippen molar-refractivity contribution in [3.05, 3.63) is 35.5 Å². The van der Waals surface area contributed by atoms with Crippen LogP contribution < -0.4 is 10.0 Å². The molecule has 0 spiro atoms. The van der Waals surface area contributed by atoms with Crippen LogP contribution >= 0.6 is 0 Å². The molecule has 2 aromatic rings. The lowest BCUT2D eigenvalue weighted by atomic mass is 10.3. The number of halogens is 1. The molecule has 8 heteroatoms. The summed E-state index contributed by atoms with van der Waals surface area (Å²) in [5, 5.41) is 3.62. The van der Waals surface area contributed by atoms with E-state index in [0.717, 1.165) is 10.4 Å². The molecule has 0 fully saturated rings. The Morgan fingerprint density at radius 3 is 2.50 bits per heavy atom. The molecule has 0 atom stereocenters. The summed E-state index contributed by atoms with van der Waals surface area (Å²) in [6, 6.07) is 3.70.